The van der Waals surface area contributed by atoms with Crippen LogP contribution in [0.4, 0.5) is 5.69 Å². The molecule has 1 aromatic heterocycles. The van der Waals surface area contributed by atoms with Crippen LogP contribution in [0, 0.1) is 0 Å². The fourth-order valence-electron chi connectivity index (χ4n) is 1.42. The number of carbonyl (C=O) groups excluding carboxylic acids is 1. The van der Waals surface area contributed by atoms with E-state index in [-0.39, 0.29) is 33.0 Å². The summed E-state index contributed by atoms with van der Waals surface area (Å²) in [4.78, 5) is 15.6. The smallest absolute Gasteiger partial charge is 0.244 e. The van der Waals surface area contributed by atoms with E-state index in [2.05, 4.69) is 10.3 Å². The number of carbonyl (C=O) groups is 1. The Balaban J connectivity index is 2.21. The quantitative estimate of drug-likeness (QED) is 0.674. The number of anilines is 1. The van der Waals surface area contributed by atoms with Crippen LogP contribution in [0.25, 0.3) is 0 Å². The minimum Gasteiger partial charge on any atom is -0.504 e. The van der Waals surface area contributed by atoms with Crippen molar-refractivity contribution in [2.24, 2.45) is 0 Å². The third kappa shape index (κ3) is 3.12. The predicted octanol–water partition coefficient (Wildman–Crippen LogP) is 3.19. The second-order valence-corrected chi connectivity index (χ2v) is 4.85. The average Bonchev–Trinajstić information content (AvgIpc) is 2.85. The monoisotopic (exact) mass is 319 g/mol. The van der Waals surface area contributed by atoms with E-state index in [0.717, 1.165) is 0 Å². The van der Waals surface area contributed by atoms with Crippen LogP contribution in [0.1, 0.15) is 0 Å². The van der Waals surface area contributed by atoms with Gasteiger partial charge in [-0.3, -0.25) is 4.79 Å². The van der Waals surface area contributed by atoms with Crippen LogP contribution in [-0.2, 0) is 11.3 Å². The van der Waals surface area contributed by atoms with Crippen molar-refractivity contribution in [1.29, 1.82) is 0 Å². The Bertz CT molecular complexity index is 588. The van der Waals surface area contributed by atoms with E-state index in [1.807, 2.05) is 0 Å². The summed E-state index contributed by atoms with van der Waals surface area (Å²) in [5, 5.41) is 12.4. The van der Waals surface area contributed by atoms with Crippen molar-refractivity contribution in [2.45, 2.75) is 6.54 Å². The van der Waals surface area contributed by atoms with Crippen LogP contribution in [0.15, 0.2) is 24.8 Å². The van der Waals surface area contributed by atoms with Gasteiger partial charge in [-0.15, -0.1) is 0 Å². The van der Waals surface area contributed by atoms with Crippen LogP contribution in [0.5, 0.6) is 5.75 Å². The van der Waals surface area contributed by atoms with Gasteiger partial charge in [0, 0.05) is 12.4 Å². The van der Waals surface area contributed by atoms with Crippen LogP contribution < -0.4 is 5.32 Å². The summed E-state index contributed by atoms with van der Waals surface area (Å²) in [5.41, 5.74) is -0.00992. The van der Waals surface area contributed by atoms with Crippen molar-refractivity contribution in [1.82, 2.24) is 9.55 Å². The summed E-state index contributed by atoms with van der Waals surface area (Å²) < 4.78 is 1.56. The fraction of sp³-hybridized carbons (Fsp3) is 0.0909. The number of nitrogens with zero attached hydrogens (tertiary/aromatic N) is 2. The molecule has 0 atom stereocenters. The van der Waals surface area contributed by atoms with Gasteiger partial charge in [0.2, 0.25) is 5.91 Å². The Kier molecular flexibility index (Phi) is 4.19. The van der Waals surface area contributed by atoms with Gasteiger partial charge >= 0.3 is 0 Å². The minimum absolute atomic E-state index is 0.00679. The minimum atomic E-state index is -0.395. The molecule has 0 fully saturated rings. The highest BCUT2D eigenvalue weighted by Gasteiger charge is 2.17. The van der Waals surface area contributed by atoms with Gasteiger partial charge < -0.3 is 15.0 Å². The lowest BCUT2D eigenvalue weighted by atomic mass is 10.3. The van der Waals surface area contributed by atoms with E-state index in [4.69, 9.17) is 34.8 Å². The fourth-order valence-corrected chi connectivity index (χ4v) is 2.08. The van der Waals surface area contributed by atoms with Gasteiger partial charge in [0.05, 0.1) is 21.4 Å². The lowest BCUT2D eigenvalue weighted by molar-refractivity contribution is -0.116. The van der Waals surface area contributed by atoms with E-state index in [1.165, 1.54) is 12.4 Å². The van der Waals surface area contributed by atoms with Gasteiger partial charge in [-0.2, -0.15) is 0 Å². The molecule has 8 heteroatoms. The molecule has 1 aromatic carbocycles. The highest BCUT2D eigenvalue weighted by Crippen LogP contribution is 2.42. The lowest BCUT2D eigenvalue weighted by Crippen LogP contribution is -2.18. The summed E-state index contributed by atoms with van der Waals surface area (Å²) in [6, 6.07) is 1.30. The van der Waals surface area contributed by atoms with E-state index < -0.39 is 5.91 Å². The highest BCUT2D eigenvalue weighted by atomic mass is 35.5. The Morgan fingerprint density at radius 3 is 2.74 bits per heavy atom. The maximum absolute atomic E-state index is 11.8. The van der Waals surface area contributed by atoms with Crippen molar-refractivity contribution in [3.8, 4) is 5.75 Å². The van der Waals surface area contributed by atoms with Crippen LogP contribution >= 0.6 is 34.8 Å². The van der Waals surface area contributed by atoms with E-state index in [9.17, 15) is 9.90 Å². The maximum atomic E-state index is 11.8. The third-order valence-corrected chi connectivity index (χ3v) is 3.37. The molecule has 100 valence electrons. The number of imidazole rings is 1. The first-order chi connectivity index (χ1) is 8.99. The lowest BCUT2D eigenvalue weighted by Gasteiger charge is -2.12. The van der Waals surface area contributed by atoms with Gasteiger partial charge in [0.1, 0.15) is 12.2 Å². The summed E-state index contributed by atoms with van der Waals surface area (Å²) in [7, 11) is 0. The molecule has 0 bridgehead atoms. The van der Waals surface area contributed by atoms with Gasteiger partial charge in [-0.05, 0) is 6.07 Å². The van der Waals surface area contributed by atoms with Crippen molar-refractivity contribution < 1.29 is 9.90 Å². The van der Waals surface area contributed by atoms with Crippen LogP contribution in [-0.4, -0.2) is 20.6 Å². The molecule has 2 aromatic rings. The average molecular weight is 321 g/mol. The summed E-state index contributed by atoms with van der Waals surface area (Å²) >= 11 is 17.5. The molecule has 0 unspecified atom stereocenters. The molecular formula is C11H8Cl3N3O2. The molecule has 0 radical (unpaired) electrons. The topological polar surface area (TPSA) is 67.2 Å². The zero-order valence-corrected chi connectivity index (χ0v) is 11.7. The molecule has 0 aliphatic rings. The maximum Gasteiger partial charge on any atom is 0.244 e. The SMILES string of the molecule is O=C(Cn1ccnc1)Nc1c(O)c(Cl)cc(Cl)c1Cl. The van der Waals surface area contributed by atoms with E-state index in [0.29, 0.717) is 0 Å². The Morgan fingerprint density at radius 1 is 1.37 bits per heavy atom. The Hall–Kier alpha value is -1.43. The zero-order valence-electron chi connectivity index (χ0n) is 9.40. The molecule has 1 amide bonds. The van der Waals surface area contributed by atoms with Crippen LogP contribution in [0.2, 0.25) is 15.1 Å². The van der Waals surface area contributed by atoms with E-state index in [1.54, 1.807) is 17.0 Å². The molecule has 2 N–H and O–H groups in total. The van der Waals surface area contributed by atoms with Gasteiger partial charge in [-0.1, -0.05) is 34.8 Å². The number of aromatic hydroxyl groups is 1. The number of phenols is 1. The van der Waals surface area contributed by atoms with E-state index >= 15 is 0 Å². The predicted molar refractivity (Wildman–Crippen MR) is 74.0 cm³/mol. The number of phenolic OH excluding ortho intramolecular Hbond substituents is 1. The molecule has 1 heterocycles. The summed E-state index contributed by atoms with van der Waals surface area (Å²) in [6.07, 6.45) is 4.67. The number of halogens is 3. The zero-order chi connectivity index (χ0) is 14.0. The Labute approximate surface area is 123 Å². The summed E-state index contributed by atoms with van der Waals surface area (Å²) in [5.74, 6) is -0.719. The second-order valence-electron chi connectivity index (χ2n) is 3.66. The molecule has 0 saturated heterocycles. The number of amides is 1. The molecule has 19 heavy (non-hydrogen) atoms. The largest absolute Gasteiger partial charge is 0.504 e. The molecule has 0 saturated carbocycles. The van der Waals surface area contributed by atoms with Crippen molar-refractivity contribution in [3.63, 3.8) is 0 Å². The van der Waals surface area contributed by atoms with Crippen molar-refractivity contribution in [2.75, 3.05) is 5.32 Å². The molecule has 0 aliphatic heterocycles. The number of aromatic nitrogens is 2. The molecular weight excluding hydrogens is 312 g/mol. The number of hydrogen-bond donors (Lipinski definition) is 2. The third-order valence-electron chi connectivity index (χ3n) is 2.30. The standard InChI is InChI=1S/C11H8Cl3N3O2/c12-6-3-7(13)11(19)10(9(6)14)16-8(18)4-17-2-1-15-5-17/h1-3,5,19H,4H2,(H,16,18). The van der Waals surface area contributed by atoms with Gasteiger partial charge in [0.15, 0.2) is 5.75 Å². The highest BCUT2D eigenvalue weighted by molar-refractivity contribution is 6.46. The first-order valence-corrected chi connectivity index (χ1v) is 6.24. The molecule has 0 spiro atoms. The Morgan fingerprint density at radius 2 is 2.11 bits per heavy atom. The first-order valence-electron chi connectivity index (χ1n) is 5.11. The molecule has 0 aliphatic carbocycles. The van der Waals surface area contributed by atoms with Crippen LogP contribution in [0.3, 0.4) is 0 Å². The van der Waals surface area contributed by atoms with Gasteiger partial charge in [-0.25, -0.2) is 4.98 Å². The second kappa shape index (κ2) is 5.69. The van der Waals surface area contributed by atoms with Crippen molar-refractivity contribution >= 4 is 46.4 Å². The normalized spacial score (nSPS) is 10.5. The molecule has 5 nitrogen and oxygen atoms in total. The van der Waals surface area contributed by atoms with Gasteiger partial charge in [0.25, 0.3) is 0 Å². The van der Waals surface area contributed by atoms with Crippen molar-refractivity contribution in [3.05, 3.63) is 39.9 Å². The first kappa shape index (κ1) is 14.0. The molecule has 2 rings (SSSR count). The number of benzene rings is 1. The number of hydrogen-bond acceptors (Lipinski definition) is 3. The summed E-state index contributed by atoms with van der Waals surface area (Å²) in [6.45, 7) is 0.0277. The number of nitrogens with one attached hydrogen (secondary N) is 1. The number of rotatable bonds is 3.